The molecule has 3 aliphatic rings. The molecule has 5 unspecified atom stereocenters. The number of ether oxygens (including phenoxy) is 2. The average molecular weight is 296 g/mol. The van der Waals surface area contributed by atoms with E-state index in [2.05, 4.69) is 27.7 Å². The first-order valence-corrected chi connectivity index (χ1v) is 8.68. The minimum Gasteiger partial charge on any atom is -0.391 e. The summed E-state index contributed by atoms with van der Waals surface area (Å²) < 4.78 is 12.1. The minimum atomic E-state index is -0.431. The molecule has 1 aliphatic heterocycles. The van der Waals surface area contributed by atoms with E-state index >= 15 is 0 Å². The van der Waals surface area contributed by atoms with Crippen molar-refractivity contribution in [1.82, 2.24) is 0 Å². The number of fused-ring (bicyclic) bond motifs is 2. The zero-order valence-electron chi connectivity index (χ0n) is 14.3. The van der Waals surface area contributed by atoms with E-state index in [4.69, 9.17) is 9.47 Å². The fourth-order valence-corrected chi connectivity index (χ4v) is 5.22. The number of hydrogen-bond acceptors (Lipinski definition) is 3. The van der Waals surface area contributed by atoms with E-state index in [9.17, 15) is 5.11 Å². The van der Waals surface area contributed by atoms with E-state index in [0.29, 0.717) is 5.41 Å². The summed E-state index contributed by atoms with van der Waals surface area (Å²) in [5.74, 6) is 0.775. The fourth-order valence-electron chi connectivity index (χ4n) is 5.22. The molecule has 122 valence electrons. The van der Waals surface area contributed by atoms with Gasteiger partial charge in [-0.05, 0) is 49.4 Å². The SMILES string of the molecule is CCC1(C(OC2CC3CCC2(C)C3(C)C)C(C)O)COC1. The first-order valence-electron chi connectivity index (χ1n) is 8.68. The third-order valence-electron chi connectivity index (χ3n) is 7.55. The molecule has 1 saturated heterocycles. The smallest absolute Gasteiger partial charge is 0.0935 e. The standard InChI is InChI=1S/C18H32O3/c1-6-18(10-20-11-18)15(12(2)19)21-14-9-13-7-8-17(14,5)16(13,3)4/h12-15,19H,6-11H2,1-5H3. The van der Waals surface area contributed by atoms with Gasteiger partial charge in [0, 0.05) is 5.41 Å². The van der Waals surface area contributed by atoms with Crippen molar-refractivity contribution in [1.29, 1.82) is 0 Å². The minimum absolute atomic E-state index is 0.0243. The van der Waals surface area contributed by atoms with Gasteiger partial charge in [-0.3, -0.25) is 0 Å². The maximum Gasteiger partial charge on any atom is 0.0935 e. The second-order valence-electron chi connectivity index (χ2n) is 8.61. The number of hydrogen-bond donors (Lipinski definition) is 1. The summed E-state index contributed by atoms with van der Waals surface area (Å²) in [6.07, 6.45) is 4.54. The Morgan fingerprint density at radius 3 is 2.29 bits per heavy atom. The van der Waals surface area contributed by atoms with Crippen LogP contribution in [0.25, 0.3) is 0 Å². The van der Waals surface area contributed by atoms with Crippen LogP contribution in [0.1, 0.15) is 60.3 Å². The third kappa shape index (κ3) is 2.04. The Morgan fingerprint density at radius 1 is 1.29 bits per heavy atom. The number of rotatable bonds is 5. The second kappa shape index (κ2) is 4.94. The monoisotopic (exact) mass is 296 g/mol. The average Bonchev–Trinajstić information content (AvgIpc) is 2.69. The molecule has 0 aromatic carbocycles. The Hall–Kier alpha value is -0.120. The van der Waals surface area contributed by atoms with E-state index in [1.165, 1.54) is 12.8 Å². The lowest BCUT2D eigenvalue weighted by Crippen LogP contribution is -2.57. The van der Waals surface area contributed by atoms with Crippen LogP contribution >= 0.6 is 0 Å². The van der Waals surface area contributed by atoms with Gasteiger partial charge in [-0.25, -0.2) is 0 Å². The van der Waals surface area contributed by atoms with Crippen LogP contribution in [0.3, 0.4) is 0 Å². The molecule has 0 spiro atoms. The van der Waals surface area contributed by atoms with Crippen LogP contribution in [-0.4, -0.2) is 36.6 Å². The van der Waals surface area contributed by atoms with Gasteiger partial charge in [0.15, 0.2) is 0 Å². The molecule has 3 rings (SSSR count). The molecule has 2 saturated carbocycles. The van der Waals surface area contributed by atoms with Crippen molar-refractivity contribution in [2.45, 2.75) is 78.6 Å². The predicted molar refractivity (Wildman–Crippen MR) is 83.1 cm³/mol. The highest BCUT2D eigenvalue weighted by Crippen LogP contribution is 2.66. The lowest BCUT2D eigenvalue weighted by atomic mass is 9.69. The Labute approximate surface area is 129 Å². The van der Waals surface area contributed by atoms with Gasteiger partial charge in [0.05, 0.1) is 31.5 Å². The van der Waals surface area contributed by atoms with Gasteiger partial charge >= 0.3 is 0 Å². The second-order valence-corrected chi connectivity index (χ2v) is 8.61. The maximum atomic E-state index is 10.3. The van der Waals surface area contributed by atoms with Crippen LogP contribution in [0.15, 0.2) is 0 Å². The predicted octanol–water partition coefficient (Wildman–Crippen LogP) is 3.39. The molecule has 21 heavy (non-hydrogen) atoms. The van der Waals surface area contributed by atoms with Crippen LogP contribution in [0.2, 0.25) is 0 Å². The Morgan fingerprint density at radius 2 is 1.95 bits per heavy atom. The number of aliphatic hydroxyl groups is 1. The van der Waals surface area contributed by atoms with Crippen molar-refractivity contribution < 1.29 is 14.6 Å². The molecule has 2 bridgehead atoms. The summed E-state index contributed by atoms with van der Waals surface area (Å²) in [6, 6.07) is 0. The highest BCUT2D eigenvalue weighted by molar-refractivity contribution is 5.12. The highest BCUT2D eigenvalue weighted by atomic mass is 16.5. The Bertz CT molecular complexity index is 394. The summed E-state index contributed by atoms with van der Waals surface area (Å²) in [7, 11) is 0. The highest BCUT2D eigenvalue weighted by Gasteiger charge is 2.63. The molecule has 2 aliphatic carbocycles. The number of aliphatic hydroxyl groups excluding tert-OH is 1. The van der Waals surface area contributed by atoms with E-state index in [0.717, 1.165) is 32.0 Å². The van der Waals surface area contributed by atoms with Crippen molar-refractivity contribution in [3.63, 3.8) is 0 Å². The summed E-state index contributed by atoms with van der Waals surface area (Å²) in [5, 5.41) is 10.3. The Balaban J connectivity index is 1.79. The molecule has 0 aromatic heterocycles. The molecule has 1 heterocycles. The summed E-state index contributed by atoms with van der Waals surface area (Å²) in [5.41, 5.74) is 0.636. The van der Waals surface area contributed by atoms with Crippen molar-refractivity contribution in [2.75, 3.05) is 13.2 Å². The molecule has 0 amide bonds. The van der Waals surface area contributed by atoms with Crippen LogP contribution in [0, 0.1) is 22.2 Å². The van der Waals surface area contributed by atoms with Crippen LogP contribution in [-0.2, 0) is 9.47 Å². The molecule has 1 N–H and O–H groups in total. The largest absolute Gasteiger partial charge is 0.391 e. The van der Waals surface area contributed by atoms with Crippen LogP contribution < -0.4 is 0 Å². The van der Waals surface area contributed by atoms with E-state index in [1.54, 1.807) is 0 Å². The normalized spacial score (nSPS) is 42.6. The molecule has 3 nitrogen and oxygen atoms in total. The van der Waals surface area contributed by atoms with E-state index < -0.39 is 6.10 Å². The van der Waals surface area contributed by atoms with Crippen molar-refractivity contribution in [3.8, 4) is 0 Å². The lowest BCUT2D eigenvalue weighted by Gasteiger charge is -2.50. The van der Waals surface area contributed by atoms with Crippen LogP contribution in [0.5, 0.6) is 0 Å². The molecule has 3 fully saturated rings. The zero-order chi connectivity index (χ0) is 15.5. The maximum absolute atomic E-state index is 10.3. The summed E-state index contributed by atoms with van der Waals surface area (Å²) in [4.78, 5) is 0. The third-order valence-corrected chi connectivity index (χ3v) is 7.55. The van der Waals surface area contributed by atoms with Crippen LogP contribution in [0.4, 0.5) is 0 Å². The molecule has 5 atom stereocenters. The van der Waals surface area contributed by atoms with E-state index in [1.807, 2.05) is 6.92 Å². The zero-order valence-corrected chi connectivity index (χ0v) is 14.3. The molecular formula is C18H32O3. The van der Waals surface area contributed by atoms with Gasteiger partial charge < -0.3 is 14.6 Å². The Kier molecular flexibility index (Phi) is 3.71. The molecule has 3 heteroatoms. The molecule has 0 radical (unpaired) electrons. The molecular weight excluding hydrogens is 264 g/mol. The first-order chi connectivity index (χ1) is 9.77. The van der Waals surface area contributed by atoms with Gasteiger partial charge in [0.25, 0.3) is 0 Å². The first kappa shape index (κ1) is 15.8. The summed E-state index contributed by atoms with van der Waals surface area (Å²) in [6.45, 7) is 12.8. The lowest BCUT2D eigenvalue weighted by molar-refractivity contribution is -0.239. The van der Waals surface area contributed by atoms with Gasteiger partial charge in [-0.2, -0.15) is 0 Å². The van der Waals surface area contributed by atoms with Gasteiger partial charge in [0.2, 0.25) is 0 Å². The quantitative estimate of drug-likeness (QED) is 0.845. The van der Waals surface area contributed by atoms with Crippen molar-refractivity contribution >= 4 is 0 Å². The molecule has 0 aromatic rings. The van der Waals surface area contributed by atoms with E-state index in [-0.39, 0.29) is 23.0 Å². The van der Waals surface area contributed by atoms with Gasteiger partial charge in [-0.15, -0.1) is 0 Å². The van der Waals surface area contributed by atoms with Crippen molar-refractivity contribution in [3.05, 3.63) is 0 Å². The van der Waals surface area contributed by atoms with Crippen molar-refractivity contribution in [2.24, 2.45) is 22.2 Å². The fraction of sp³-hybridized carbons (Fsp3) is 1.00. The topological polar surface area (TPSA) is 38.7 Å². The van der Waals surface area contributed by atoms with Gasteiger partial charge in [-0.1, -0.05) is 27.7 Å². The summed E-state index contributed by atoms with van der Waals surface area (Å²) >= 11 is 0. The van der Waals surface area contributed by atoms with Gasteiger partial charge in [0.1, 0.15) is 0 Å².